The number of nitrogens with one attached hydrogen (secondary N) is 2. The molecule has 2 aliphatic heterocycles. The van der Waals surface area contributed by atoms with E-state index in [-0.39, 0.29) is 36.9 Å². The molecule has 0 aliphatic carbocycles. The monoisotopic (exact) mass is 606 g/mol. The third kappa shape index (κ3) is 6.30. The van der Waals surface area contributed by atoms with Crippen LogP contribution < -0.4 is 20.1 Å². The summed E-state index contributed by atoms with van der Waals surface area (Å²) in [5, 5.41) is 27.6. The summed E-state index contributed by atoms with van der Waals surface area (Å²) in [5.74, 6) is 3.40. The lowest BCUT2D eigenvalue weighted by Gasteiger charge is -2.25. The number of fused-ring (bicyclic) bond motifs is 4. The van der Waals surface area contributed by atoms with E-state index in [0.717, 1.165) is 58.3 Å². The number of para-hydroxylation sites is 2. The van der Waals surface area contributed by atoms with Gasteiger partial charge in [-0.3, -0.25) is 0 Å². The first-order valence-corrected chi connectivity index (χ1v) is 14.9. The van der Waals surface area contributed by atoms with E-state index in [4.69, 9.17) is 32.7 Å². The van der Waals surface area contributed by atoms with Crippen LogP contribution in [0.15, 0.2) is 84.9 Å². The standard InChI is InChI=1S/2C17H18ClNO2/c2*1-19-9-14-12-4-2-3-5-16(12)21-17-7-6-11(18)8-13(17)15(14)10-20/h2*2-8,14-15,19-20H,9-10H2,1H3/t2*14-,15-/m10/s1. The van der Waals surface area contributed by atoms with E-state index in [1.165, 1.54) is 0 Å². The molecule has 0 fully saturated rings. The average molecular weight is 608 g/mol. The molecule has 0 bridgehead atoms. The number of aliphatic hydroxyl groups is 2. The van der Waals surface area contributed by atoms with Crippen LogP contribution in [0, 0.1) is 0 Å². The summed E-state index contributed by atoms with van der Waals surface area (Å²) in [5.41, 5.74) is 4.14. The lowest BCUT2D eigenvalue weighted by Crippen LogP contribution is -2.24. The Kier molecular flexibility index (Phi) is 10.1. The van der Waals surface area contributed by atoms with Gasteiger partial charge in [0.1, 0.15) is 23.0 Å². The quantitative estimate of drug-likeness (QED) is 0.188. The van der Waals surface area contributed by atoms with Gasteiger partial charge < -0.3 is 30.3 Å². The molecule has 4 N–H and O–H groups in total. The third-order valence-corrected chi connectivity index (χ3v) is 8.50. The van der Waals surface area contributed by atoms with Crippen LogP contribution in [0.3, 0.4) is 0 Å². The fourth-order valence-corrected chi connectivity index (χ4v) is 6.42. The number of hydrogen-bond acceptors (Lipinski definition) is 6. The summed E-state index contributed by atoms with van der Waals surface area (Å²) in [6.07, 6.45) is 0. The Labute approximate surface area is 257 Å². The third-order valence-electron chi connectivity index (χ3n) is 8.03. The number of aliphatic hydroxyl groups excluding tert-OH is 2. The van der Waals surface area contributed by atoms with E-state index in [1.807, 2.05) is 86.9 Å². The predicted octanol–water partition coefficient (Wildman–Crippen LogP) is 7.05. The van der Waals surface area contributed by atoms with Gasteiger partial charge in [0.25, 0.3) is 0 Å². The maximum atomic E-state index is 9.95. The molecule has 0 saturated carbocycles. The van der Waals surface area contributed by atoms with Gasteiger partial charge in [-0.25, -0.2) is 0 Å². The minimum atomic E-state index is -0.0465. The number of likely N-dealkylation sites (N-methyl/N-ethyl adjacent to an activating group) is 2. The Morgan fingerprint density at radius 3 is 1.31 bits per heavy atom. The van der Waals surface area contributed by atoms with Crippen molar-refractivity contribution in [1.82, 2.24) is 10.6 Å². The Balaban J connectivity index is 0.000000168. The van der Waals surface area contributed by atoms with E-state index < -0.39 is 0 Å². The van der Waals surface area contributed by atoms with Gasteiger partial charge in [0.2, 0.25) is 0 Å². The van der Waals surface area contributed by atoms with Gasteiger partial charge in [0, 0.05) is 57.9 Å². The van der Waals surface area contributed by atoms with Crippen molar-refractivity contribution in [3.05, 3.63) is 117 Å². The van der Waals surface area contributed by atoms with Crippen molar-refractivity contribution >= 4 is 23.2 Å². The van der Waals surface area contributed by atoms with Crippen LogP contribution in [0.2, 0.25) is 10.0 Å². The Morgan fingerprint density at radius 1 is 0.548 bits per heavy atom. The van der Waals surface area contributed by atoms with Gasteiger partial charge in [-0.15, -0.1) is 0 Å². The van der Waals surface area contributed by atoms with Crippen molar-refractivity contribution in [3.8, 4) is 23.0 Å². The molecule has 0 spiro atoms. The number of benzene rings is 4. The molecule has 42 heavy (non-hydrogen) atoms. The van der Waals surface area contributed by atoms with E-state index in [0.29, 0.717) is 10.0 Å². The first kappa shape index (κ1) is 30.4. The highest BCUT2D eigenvalue weighted by molar-refractivity contribution is 6.31. The Hall–Kier alpha value is -3.10. The Bertz CT molecular complexity index is 1400. The first-order chi connectivity index (χ1) is 20.5. The summed E-state index contributed by atoms with van der Waals surface area (Å²) < 4.78 is 12.1. The van der Waals surface area contributed by atoms with Crippen LogP contribution >= 0.6 is 23.2 Å². The number of hydrogen-bond donors (Lipinski definition) is 4. The van der Waals surface area contributed by atoms with E-state index in [9.17, 15) is 10.2 Å². The highest BCUT2D eigenvalue weighted by atomic mass is 35.5. The SMILES string of the molecule is CNC[C@@H]1c2ccccc2Oc2ccc(Cl)cc2[C@H]1CO.CNC[C@H]1c2ccccc2Oc2ccc(Cl)cc2[C@@H]1CO. The summed E-state index contributed by atoms with van der Waals surface area (Å²) in [7, 11) is 3.84. The van der Waals surface area contributed by atoms with Crippen molar-refractivity contribution in [2.45, 2.75) is 23.7 Å². The molecular formula is C34H36Cl2N2O4. The predicted molar refractivity (Wildman–Crippen MR) is 169 cm³/mol. The van der Waals surface area contributed by atoms with Crippen molar-refractivity contribution < 1.29 is 19.7 Å². The van der Waals surface area contributed by atoms with Crippen molar-refractivity contribution in [2.24, 2.45) is 0 Å². The molecular weight excluding hydrogens is 571 g/mol. The van der Waals surface area contributed by atoms with Crippen LogP contribution in [0.4, 0.5) is 0 Å². The smallest absolute Gasteiger partial charge is 0.131 e. The van der Waals surface area contributed by atoms with Crippen LogP contribution in [-0.4, -0.2) is 50.6 Å². The maximum Gasteiger partial charge on any atom is 0.131 e. The molecule has 0 saturated heterocycles. The lowest BCUT2D eigenvalue weighted by molar-refractivity contribution is 0.246. The number of halogens is 2. The second-order valence-corrected chi connectivity index (χ2v) is 11.4. The number of rotatable bonds is 6. The zero-order valence-corrected chi connectivity index (χ0v) is 25.2. The van der Waals surface area contributed by atoms with Crippen molar-refractivity contribution in [3.63, 3.8) is 0 Å². The molecule has 8 heteroatoms. The minimum Gasteiger partial charge on any atom is -0.457 e. The van der Waals surface area contributed by atoms with E-state index >= 15 is 0 Å². The zero-order chi connectivity index (χ0) is 29.6. The zero-order valence-electron chi connectivity index (χ0n) is 23.7. The molecule has 0 amide bonds. The fraction of sp³-hybridized carbons (Fsp3) is 0.294. The summed E-state index contributed by atoms with van der Waals surface area (Å²) >= 11 is 12.3. The molecule has 6 nitrogen and oxygen atoms in total. The van der Waals surface area contributed by atoms with Crippen LogP contribution in [-0.2, 0) is 0 Å². The van der Waals surface area contributed by atoms with Gasteiger partial charge in [-0.05, 0) is 73.8 Å². The second-order valence-electron chi connectivity index (χ2n) is 10.6. The highest BCUT2D eigenvalue weighted by Crippen LogP contribution is 2.47. The van der Waals surface area contributed by atoms with Gasteiger partial charge in [0.15, 0.2) is 0 Å². The largest absolute Gasteiger partial charge is 0.457 e. The van der Waals surface area contributed by atoms with Crippen LogP contribution in [0.1, 0.15) is 45.9 Å². The van der Waals surface area contributed by atoms with Gasteiger partial charge in [-0.1, -0.05) is 59.6 Å². The fourth-order valence-electron chi connectivity index (χ4n) is 6.06. The summed E-state index contributed by atoms with van der Waals surface area (Å²) in [6, 6.07) is 27.2. The molecule has 0 unspecified atom stereocenters. The van der Waals surface area contributed by atoms with Gasteiger partial charge in [-0.2, -0.15) is 0 Å². The summed E-state index contributed by atoms with van der Waals surface area (Å²) in [6.45, 7) is 1.63. The van der Waals surface area contributed by atoms with Crippen LogP contribution in [0.25, 0.3) is 0 Å². The van der Waals surface area contributed by atoms with Crippen LogP contribution in [0.5, 0.6) is 23.0 Å². The van der Waals surface area contributed by atoms with Gasteiger partial charge >= 0.3 is 0 Å². The van der Waals surface area contributed by atoms with Crippen molar-refractivity contribution in [2.75, 3.05) is 40.4 Å². The molecule has 2 heterocycles. The maximum absolute atomic E-state index is 9.95. The highest BCUT2D eigenvalue weighted by Gasteiger charge is 2.33. The topological polar surface area (TPSA) is 83.0 Å². The molecule has 2 aliphatic rings. The minimum absolute atomic E-state index is 0.0465. The Morgan fingerprint density at radius 2 is 0.929 bits per heavy atom. The van der Waals surface area contributed by atoms with E-state index in [1.54, 1.807) is 0 Å². The van der Waals surface area contributed by atoms with Gasteiger partial charge in [0.05, 0.1) is 13.2 Å². The van der Waals surface area contributed by atoms with E-state index in [2.05, 4.69) is 22.8 Å². The lowest BCUT2D eigenvalue weighted by atomic mass is 9.82. The number of ether oxygens (including phenoxy) is 2. The molecule has 0 radical (unpaired) electrons. The molecule has 6 rings (SSSR count). The van der Waals surface area contributed by atoms with Crippen molar-refractivity contribution in [1.29, 1.82) is 0 Å². The first-order valence-electron chi connectivity index (χ1n) is 14.1. The molecule has 0 aromatic heterocycles. The normalized spacial score (nSPS) is 20.1. The molecule has 4 aromatic rings. The average Bonchev–Trinajstić information content (AvgIpc) is 3.21. The summed E-state index contributed by atoms with van der Waals surface area (Å²) in [4.78, 5) is 0. The molecule has 220 valence electrons. The molecule has 4 aromatic carbocycles. The second kappa shape index (κ2) is 13.9. The molecule has 4 atom stereocenters.